The van der Waals surface area contributed by atoms with Crippen LogP contribution in [0.15, 0.2) is 29.2 Å². The van der Waals surface area contributed by atoms with Crippen LogP contribution in [0.5, 0.6) is 0 Å². The average Bonchev–Trinajstić information content (AvgIpc) is 2.88. The molecular formula is C13H21ClN2O2S. The van der Waals surface area contributed by atoms with Crippen molar-refractivity contribution in [2.75, 3.05) is 20.1 Å². The largest absolute Gasteiger partial charge is 0.316 e. The molecule has 0 aromatic heterocycles. The second-order valence-electron chi connectivity index (χ2n) is 4.64. The van der Waals surface area contributed by atoms with Crippen molar-refractivity contribution in [3.63, 3.8) is 0 Å². The van der Waals surface area contributed by atoms with Crippen LogP contribution in [0.4, 0.5) is 0 Å². The van der Waals surface area contributed by atoms with Gasteiger partial charge in [-0.25, -0.2) is 8.42 Å². The van der Waals surface area contributed by atoms with Gasteiger partial charge in [-0.3, -0.25) is 0 Å². The Bertz CT molecular complexity index is 519. The Morgan fingerprint density at radius 3 is 2.74 bits per heavy atom. The van der Waals surface area contributed by atoms with Crippen LogP contribution < -0.4 is 5.32 Å². The van der Waals surface area contributed by atoms with E-state index >= 15 is 0 Å². The number of aryl methyl sites for hydroxylation is 1. The second kappa shape index (κ2) is 6.70. The number of benzene rings is 1. The molecule has 0 saturated carbocycles. The summed E-state index contributed by atoms with van der Waals surface area (Å²) in [5, 5.41) is 3.13. The summed E-state index contributed by atoms with van der Waals surface area (Å²) in [6.45, 7) is 3.19. The minimum absolute atomic E-state index is 0. The number of sulfonamides is 1. The number of nitrogens with zero attached hydrogens (tertiary/aromatic N) is 1. The lowest BCUT2D eigenvalue weighted by molar-refractivity contribution is 0.464. The van der Waals surface area contributed by atoms with E-state index in [2.05, 4.69) is 5.32 Å². The van der Waals surface area contributed by atoms with Crippen LogP contribution in [0.2, 0.25) is 0 Å². The van der Waals surface area contributed by atoms with E-state index in [1.807, 2.05) is 26.1 Å². The predicted octanol–water partition coefficient (Wildman–Crippen LogP) is 1.65. The molecule has 0 bridgehead atoms. The van der Waals surface area contributed by atoms with Crippen LogP contribution in [0.25, 0.3) is 0 Å². The standard InChI is InChI=1S/C13H20N2O2S.ClH/c1-3-11-5-4-6-13(9-11)18(16,17)15-8-7-12(10-15)14-2;/h4-6,9,12,14H,3,7-8,10H2,1-2H3;1H. The molecule has 0 spiro atoms. The summed E-state index contributed by atoms with van der Waals surface area (Å²) in [6.07, 6.45) is 1.73. The predicted molar refractivity (Wildman–Crippen MR) is 79.3 cm³/mol. The molecule has 19 heavy (non-hydrogen) atoms. The average molecular weight is 305 g/mol. The summed E-state index contributed by atoms with van der Waals surface area (Å²) in [4.78, 5) is 0.415. The SMILES string of the molecule is CCc1cccc(S(=O)(=O)N2CCC(NC)C2)c1.Cl. The van der Waals surface area contributed by atoms with Gasteiger partial charge in [0.2, 0.25) is 10.0 Å². The molecule has 1 heterocycles. The smallest absolute Gasteiger partial charge is 0.243 e. The maximum absolute atomic E-state index is 12.5. The molecule has 1 unspecified atom stereocenters. The van der Waals surface area contributed by atoms with Crippen LogP contribution in [0, 0.1) is 0 Å². The zero-order chi connectivity index (χ0) is 13.2. The Labute approximate surface area is 121 Å². The zero-order valence-electron chi connectivity index (χ0n) is 11.3. The topological polar surface area (TPSA) is 49.4 Å². The number of rotatable bonds is 4. The van der Waals surface area contributed by atoms with E-state index in [4.69, 9.17) is 0 Å². The van der Waals surface area contributed by atoms with Crippen molar-refractivity contribution >= 4 is 22.4 Å². The monoisotopic (exact) mass is 304 g/mol. The van der Waals surface area contributed by atoms with Gasteiger partial charge in [0.05, 0.1) is 4.90 Å². The summed E-state index contributed by atoms with van der Waals surface area (Å²) in [5.41, 5.74) is 1.06. The molecule has 2 rings (SSSR count). The van der Waals surface area contributed by atoms with Crippen molar-refractivity contribution in [2.24, 2.45) is 0 Å². The Hall–Kier alpha value is -0.620. The highest BCUT2D eigenvalue weighted by molar-refractivity contribution is 7.89. The van der Waals surface area contributed by atoms with Crippen molar-refractivity contribution in [3.8, 4) is 0 Å². The molecule has 0 aliphatic carbocycles. The minimum atomic E-state index is -3.32. The summed E-state index contributed by atoms with van der Waals surface area (Å²) in [5.74, 6) is 0. The van der Waals surface area contributed by atoms with Crippen molar-refractivity contribution in [1.29, 1.82) is 0 Å². The quantitative estimate of drug-likeness (QED) is 0.920. The second-order valence-corrected chi connectivity index (χ2v) is 6.58. The fraction of sp³-hybridized carbons (Fsp3) is 0.538. The number of hydrogen-bond donors (Lipinski definition) is 1. The van der Waals surface area contributed by atoms with Crippen molar-refractivity contribution in [3.05, 3.63) is 29.8 Å². The van der Waals surface area contributed by atoms with E-state index in [0.29, 0.717) is 18.0 Å². The molecule has 4 nitrogen and oxygen atoms in total. The number of likely N-dealkylation sites (N-methyl/N-ethyl adjacent to an activating group) is 1. The molecule has 1 fully saturated rings. The summed E-state index contributed by atoms with van der Waals surface area (Å²) >= 11 is 0. The Kier molecular flexibility index (Phi) is 5.80. The molecule has 0 radical (unpaired) electrons. The molecule has 6 heteroatoms. The highest BCUT2D eigenvalue weighted by atomic mass is 35.5. The first-order chi connectivity index (χ1) is 8.57. The van der Waals surface area contributed by atoms with Gasteiger partial charge in [-0.05, 0) is 37.6 Å². The molecule has 108 valence electrons. The van der Waals surface area contributed by atoms with Crippen molar-refractivity contribution in [1.82, 2.24) is 9.62 Å². The number of hydrogen-bond acceptors (Lipinski definition) is 3. The van der Waals surface area contributed by atoms with Gasteiger partial charge in [-0.15, -0.1) is 12.4 Å². The van der Waals surface area contributed by atoms with Crippen molar-refractivity contribution < 1.29 is 8.42 Å². The maximum Gasteiger partial charge on any atom is 0.243 e. The first-order valence-corrected chi connectivity index (χ1v) is 7.78. The summed E-state index contributed by atoms with van der Waals surface area (Å²) < 4.78 is 26.5. The molecule has 1 atom stereocenters. The van der Waals surface area contributed by atoms with Crippen LogP contribution in [-0.4, -0.2) is 38.9 Å². The van der Waals surface area contributed by atoms with Crippen LogP contribution in [0.3, 0.4) is 0 Å². The molecule has 1 aliphatic rings. The molecule has 1 N–H and O–H groups in total. The Balaban J connectivity index is 0.00000180. The highest BCUT2D eigenvalue weighted by Gasteiger charge is 2.31. The van der Waals surface area contributed by atoms with E-state index in [1.165, 1.54) is 0 Å². The van der Waals surface area contributed by atoms with Crippen LogP contribution in [0.1, 0.15) is 18.9 Å². The number of halogens is 1. The highest BCUT2D eigenvalue weighted by Crippen LogP contribution is 2.21. The number of nitrogens with one attached hydrogen (secondary N) is 1. The van der Waals surface area contributed by atoms with Gasteiger partial charge in [0.15, 0.2) is 0 Å². The fourth-order valence-electron chi connectivity index (χ4n) is 2.26. The van der Waals surface area contributed by atoms with Crippen LogP contribution >= 0.6 is 12.4 Å². The van der Waals surface area contributed by atoms with Crippen molar-refractivity contribution in [2.45, 2.75) is 30.7 Å². The third-order valence-electron chi connectivity index (χ3n) is 3.50. The van der Waals surface area contributed by atoms with E-state index in [-0.39, 0.29) is 18.4 Å². The van der Waals surface area contributed by atoms with Gasteiger partial charge in [0.1, 0.15) is 0 Å². The van der Waals surface area contributed by atoms with Crippen LogP contribution in [-0.2, 0) is 16.4 Å². The molecular weight excluding hydrogens is 284 g/mol. The summed E-state index contributed by atoms with van der Waals surface area (Å²) in [6, 6.07) is 7.51. The normalized spacial score (nSPS) is 20.2. The molecule has 0 amide bonds. The Morgan fingerprint density at radius 2 is 2.16 bits per heavy atom. The third-order valence-corrected chi connectivity index (χ3v) is 5.36. The summed E-state index contributed by atoms with van der Waals surface area (Å²) in [7, 11) is -1.45. The first-order valence-electron chi connectivity index (χ1n) is 6.34. The van der Waals surface area contributed by atoms with Gasteiger partial charge < -0.3 is 5.32 Å². The Morgan fingerprint density at radius 1 is 1.42 bits per heavy atom. The molecule has 1 aliphatic heterocycles. The van der Waals surface area contributed by atoms with Gasteiger partial charge in [0.25, 0.3) is 0 Å². The van der Waals surface area contributed by atoms with E-state index in [0.717, 1.165) is 18.4 Å². The van der Waals surface area contributed by atoms with Gasteiger partial charge in [-0.2, -0.15) is 4.31 Å². The zero-order valence-corrected chi connectivity index (χ0v) is 12.9. The lowest BCUT2D eigenvalue weighted by Gasteiger charge is -2.17. The van der Waals surface area contributed by atoms with Gasteiger partial charge in [-0.1, -0.05) is 19.1 Å². The molecule has 1 aromatic rings. The van der Waals surface area contributed by atoms with E-state index < -0.39 is 10.0 Å². The fourth-order valence-corrected chi connectivity index (χ4v) is 3.83. The van der Waals surface area contributed by atoms with E-state index in [1.54, 1.807) is 16.4 Å². The lowest BCUT2D eigenvalue weighted by Crippen LogP contribution is -2.33. The third kappa shape index (κ3) is 3.48. The molecule has 1 aromatic carbocycles. The minimum Gasteiger partial charge on any atom is -0.316 e. The van der Waals surface area contributed by atoms with E-state index in [9.17, 15) is 8.42 Å². The first kappa shape index (κ1) is 16.4. The lowest BCUT2D eigenvalue weighted by atomic mass is 10.2. The molecule has 1 saturated heterocycles. The van der Waals surface area contributed by atoms with Gasteiger partial charge in [0, 0.05) is 19.1 Å². The maximum atomic E-state index is 12.5. The van der Waals surface area contributed by atoms with Gasteiger partial charge >= 0.3 is 0 Å².